The maximum atomic E-state index is 12.3. The van der Waals surface area contributed by atoms with E-state index in [9.17, 15) is 9.59 Å². The quantitative estimate of drug-likeness (QED) is 0.699. The number of amides is 2. The van der Waals surface area contributed by atoms with Gasteiger partial charge in [-0.25, -0.2) is 0 Å². The predicted octanol–water partition coefficient (Wildman–Crippen LogP) is 3.26. The van der Waals surface area contributed by atoms with Crippen LogP contribution in [0.1, 0.15) is 19.8 Å². The number of carbonyl (C=O) groups excluding carboxylic acids is 2. The molecule has 3 rings (SSSR count). The molecule has 2 amide bonds. The molecule has 6 heteroatoms. The third kappa shape index (κ3) is 4.54. The smallest absolute Gasteiger partial charge is 0.226 e. The summed E-state index contributed by atoms with van der Waals surface area (Å²) in [5.41, 5.74) is 0. The highest BCUT2D eigenvalue weighted by Gasteiger charge is 2.42. The summed E-state index contributed by atoms with van der Waals surface area (Å²) in [4.78, 5) is 29.6. The Morgan fingerprint density at radius 2 is 1.71 bits per heavy atom. The predicted molar refractivity (Wildman–Crippen MR) is 99.9 cm³/mol. The number of benzene rings is 1. The van der Waals surface area contributed by atoms with Crippen LogP contribution < -0.4 is 0 Å². The van der Waals surface area contributed by atoms with Gasteiger partial charge in [0.05, 0.1) is 0 Å². The second-order valence-corrected chi connectivity index (χ2v) is 8.66. The minimum Gasteiger partial charge on any atom is -0.339 e. The summed E-state index contributed by atoms with van der Waals surface area (Å²) < 4.78 is 1.07. The zero-order valence-corrected chi connectivity index (χ0v) is 16.3. The van der Waals surface area contributed by atoms with Crippen LogP contribution in [0, 0.1) is 11.8 Å². The zero-order valence-electron chi connectivity index (χ0n) is 13.9. The summed E-state index contributed by atoms with van der Waals surface area (Å²) in [6, 6.07) is 8.15. The summed E-state index contributed by atoms with van der Waals surface area (Å²) in [6.07, 6.45) is 1.58. The molecule has 2 fully saturated rings. The lowest BCUT2D eigenvalue weighted by Crippen LogP contribution is -2.51. The summed E-state index contributed by atoms with van der Waals surface area (Å²) in [6.45, 7) is 4.86. The highest BCUT2D eigenvalue weighted by atomic mass is 79.9. The van der Waals surface area contributed by atoms with Crippen molar-refractivity contribution in [3.8, 4) is 0 Å². The first-order valence-electron chi connectivity index (χ1n) is 8.49. The SMILES string of the molecule is CC1CC1C(=O)N1CCN(C(=O)CCSc2ccc(Br)cc2)CC1. The highest BCUT2D eigenvalue weighted by Crippen LogP contribution is 2.39. The van der Waals surface area contributed by atoms with E-state index >= 15 is 0 Å². The van der Waals surface area contributed by atoms with E-state index in [4.69, 9.17) is 0 Å². The fraction of sp³-hybridized carbons (Fsp3) is 0.556. The van der Waals surface area contributed by atoms with E-state index in [1.54, 1.807) is 11.8 Å². The van der Waals surface area contributed by atoms with Crippen molar-refractivity contribution in [3.63, 3.8) is 0 Å². The number of thioether (sulfide) groups is 1. The molecule has 2 atom stereocenters. The van der Waals surface area contributed by atoms with Crippen molar-refractivity contribution in [2.45, 2.75) is 24.7 Å². The standard InChI is InChI=1S/C18H23BrN2O2S/c1-13-12-16(13)18(23)21-9-7-20(8-10-21)17(22)6-11-24-15-4-2-14(19)3-5-15/h2-5,13,16H,6-12H2,1H3. The van der Waals surface area contributed by atoms with Crippen LogP contribution in [0.15, 0.2) is 33.6 Å². The number of nitrogens with zero attached hydrogens (tertiary/aromatic N) is 2. The average molecular weight is 411 g/mol. The molecular weight excluding hydrogens is 388 g/mol. The van der Waals surface area contributed by atoms with Gasteiger partial charge in [0.25, 0.3) is 0 Å². The third-order valence-electron chi connectivity index (χ3n) is 4.77. The molecule has 1 aromatic rings. The first-order chi connectivity index (χ1) is 11.5. The lowest BCUT2D eigenvalue weighted by Gasteiger charge is -2.35. The molecule has 2 unspecified atom stereocenters. The van der Waals surface area contributed by atoms with Gasteiger partial charge in [0.1, 0.15) is 0 Å². The van der Waals surface area contributed by atoms with E-state index < -0.39 is 0 Å². The maximum absolute atomic E-state index is 12.3. The molecule has 1 aliphatic carbocycles. The summed E-state index contributed by atoms with van der Waals surface area (Å²) in [5, 5.41) is 0. The molecule has 1 heterocycles. The first kappa shape index (κ1) is 17.8. The van der Waals surface area contributed by atoms with E-state index in [-0.39, 0.29) is 11.8 Å². The van der Waals surface area contributed by atoms with Crippen LogP contribution in [0.4, 0.5) is 0 Å². The number of piperazine rings is 1. The largest absolute Gasteiger partial charge is 0.339 e. The lowest BCUT2D eigenvalue weighted by atomic mass is 10.2. The zero-order chi connectivity index (χ0) is 17.1. The second kappa shape index (κ2) is 7.91. The molecule has 1 saturated heterocycles. The van der Waals surface area contributed by atoms with Gasteiger partial charge in [-0.15, -0.1) is 11.8 Å². The molecule has 0 spiro atoms. The maximum Gasteiger partial charge on any atom is 0.226 e. The van der Waals surface area contributed by atoms with Gasteiger partial charge in [-0.3, -0.25) is 9.59 Å². The lowest BCUT2D eigenvalue weighted by molar-refractivity contribution is -0.140. The van der Waals surface area contributed by atoms with Crippen LogP contribution in [0.25, 0.3) is 0 Å². The number of carbonyl (C=O) groups is 2. The van der Waals surface area contributed by atoms with Gasteiger partial charge < -0.3 is 9.80 Å². The normalized spacial score (nSPS) is 23.2. The van der Waals surface area contributed by atoms with E-state index in [0.29, 0.717) is 44.4 Å². The molecule has 1 aliphatic heterocycles. The average Bonchev–Trinajstić information content (AvgIpc) is 3.33. The Kier molecular flexibility index (Phi) is 5.87. The summed E-state index contributed by atoms with van der Waals surface area (Å²) in [7, 11) is 0. The molecule has 0 N–H and O–H groups in total. The van der Waals surface area contributed by atoms with E-state index in [1.807, 2.05) is 21.9 Å². The van der Waals surface area contributed by atoms with Crippen molar-refractivity contribution in [1.82, 2.24) is 9.80 Å². The van der Waals surface area contributed by atoms with Gasteiger partial charge in [-0.2, -0.15) is 0 Å². The van der Waals surface area contributed by atoms with Gasteiger partial charge in [-0.1, -0.05) is 22.9 Å². The minimum atomic E-state index is 0.200. The Morgan fingerprint density at radius 1 is 1.12 bits per heavy atom. The fourth-order valence-corrected chi connectivity index (χ4v) is 4.13. The van der Waals surface area contributed by atoms with Crippen molar-refractivity contribution in [1.29, 1.82) is 0 Å². The van der Waals surface area contributed by atoms with Crippen molar-refractivity contribution in [2.75, 3.05) is 31.9 Å². The highest BCUT2D eigenvalue weighted by molar-refractivity contribution is 9.10. The summed E-state index contributed by atoms with van der Waals surface area (Å²) in [5.74, 6) is 2.08. The van der Waals surface area contributed by atoms with Gasteiger partial charge in [0, 0.05) is 53.6 Å². The molecule has 1 aromatic carbocycles. The topological polar surface area (TPSA) is 40.6 Å². The van der Waals surface area contributed by atoms with Crippen LogP contribution in [0.2, 0.25) is 0 Å². The molecular formula is C18H23BrN2O2S. The van der Waals surface area contributed by atoms with Gasteiger partial charge in [0.15, 0.2) is 0 Å². The third-order valence-corrected chi connectivity index (χ3v) is 6.31. The molecule has 1 saturated carbocycles. The van der Waals surface area contributed by atoms with Crippen LogP contribution in [0.5, 0.6) is 0 Å². The molecule has 0 aromatic heterocycles. The molecule has 0 bridgehead atoms. The minimum absolute atomic E-state index is 0.200. The number of hydrogen-bond acceptors (Lipinski definition) is 3. The van der Waals surface area contributed by atoms with Crippen LogP contribution in [-0.2, 0) is 9.59 Å². The summed E-state index contributed by atoms with van der Waals surface area (Å²) >= 11 is 5.13. The van der Waals surface area contributed by atoms with E-state index in [1.165, 1.54) is 4.90 Å². The molecule has 0 radical (unpaired) electrons. The Morgan fingerprint density at radius 3 is 2.29 bits per heavy atom. The number of hydrogen-bond donors (Lipinski definition) is 0. The number of rotatable bonds is 5. The van der Waals surface area contributed by atoms with Crippen molar-refractivity contribution >= 4 is 39.5 Å². The van der Waals surface area contributed by atoms with Gasteiger partial charge in [0.2, 0.25) is 11.8 Å². The fourth-order valence-electron chi connectivity index (χ4n) is 3.02. The first-order valence-corrected chi connectivity index (χ1v) is 10.3. The van der Waals surface area contributed by atoms with Gasteiger partial charge in [-0.05, 0) is 36.6 Å². The Hall–Kier alpha value is -1.01. The monoisotopic (exact) mass is 410 g/mol. The molecule has 130 valence electrons. The van der Waals surface area contributed by atoms with E-state index in [0.717, 1.165) is 16.6 Å². The molecule has 4 nitrogen and oxygen atoms in total. The van der Waals surface area contributed by atoms with Crippen LogP contribution in [0.3, 0.4) is 0 Å². The van der Waals surface area contributed by atoms with E-state index in [2.05, 4.69) is 35.0 Å². The Labute approximate surface area is 156 Å². The molecule has 24 heavy (non-hydrogen) atoms. The second-order valence-electron chi connectivity index (χ2n) is 6.58. The van der Waals surface area contributed by atoms with Crippen LogP contribution in [-0.4, -0.2) is 53.5 Å². The number of halogens is 1. The van der Waals surface area contributed by atoms with Crippen molar-refractivity contribution in [3.05, 3.63) is 28.7 Å². The Bertz CT molecular complexity index is 600. The van der Waals surface area contributed by atoms with Crippen LogP contribution >= 0.6 is 27.7 Å². The van der Waals surface area contributed by atoms with Gasteiger partial charge >= 0.3 is 0 Å². The Balaban J connectivity index is 1.37. The molecule has 2 aliphatic rings. The van der Waals surface area contributed by atoms with Crippen molar-refractivity contribution < 1.29 is 9.59 Å². The van der Waals surface area contributed by atoms with Crippen molar-refractivity contribution in [2.24, 2.45) is 11.8 Å².